The highest BCUT2D eigenvalue weighted by molar-refractivity contribution is 6.08. The molecule has 7 nitrogen and oxygen atoms in total. The molecule has 136 valence electrons. The SMILES string of the molecule is CCN(CC)c1ccc(NC(=O)c2c(-c3coc(C)n3)noc2C)cc1. The van der Waals surface area contributed by atoms with Crippen LogP contribution in [0, 0.1) is 13.8 Å². The maximum Gasteiger partial charge on any atom is 0.261 e. The standard InChI is InChI=1S/C19H22N4O3/c1-5-23(6-2)15-9-7-14(8-10-15)21-19(24)17-12(3)26-22-18(17)16-11-25-13(4)20-16/h7-11H,5-6H2,1-4H3,(H,21,24). The van der Waals surface area contributed by atoms with Gasteiger partial charge in [0.25, 0.3) is 5.91 Å². The maximum absolute atomic E-state index is 12.7. The normalized spacial score (nSPS) is 10.8. The summed E-state index contributed by atoms with van der Waals surface area (Å²) >= 11 is 0. The molecule has 0 aliphatic heterocycles. The highest BCUT2D eigenvalue weighted by Gasteiger charge is 2.23. The maximum atomic E-state index is 12.7. The van der Waals surface area contributed by atoms with E-state index in [1.54, 1.807) is 13.8 Å². The summed E-state index contributed by atoms with van der Waals surface area (Å²) < 4.78 is 10.4. The third-order valence-corrected chi connectivity index (χ3v) is 4.21. The van der Waals surface area contributed by atoms with Gasteiger partial charge in [0.1, 0.15) is 29.0 Å². The molecule has 0 unspecified atom stereocenters. The monoisotopic (exact) mass is 354 g/mol. The van der Waals surface area contributed by atoms with Crippen LogP contribution in [0.25, 0.3) is 11.4 Å². The predicted octanol–water partition coefficient (Wildman–Crippen LogP) is 4.04. The van der Waals surface area contributed by atoms with E-state index in [-0.39, 0.29) is 5.91 Å². The highest BCUT2D eigenvalue weighted by atomic mass is 16.5. The van der Waals surface area contributed by atoms with Crippen LogP contribution < -0.4 is 10.2 Å². The molecule has 0 fully saturated rings. The van der Waals surface area contributed by atoms with Gasteiger partial charge in [0.2, 0.25) is 0 Å². The molecule has 0 atom stereocenters. The summed E-state index contributed by atoms with van der Waals surface area (Å²) in [5, 5.41) is 6.84. The Bertz CT molecular complexity index is 892. The highest BCUT2D eigenvalue weighted by Crippen LogP contribution is 2.26. The molecule has 1 aromatic carbocycles. The molecule has 0 spiro atoms. The van der Waals surface area contributed by atoms with E-state index in [1.165, 1.54) is 6.26 Å². The average molecular weight is 354 g/mol. The van der Waals surface area contributed by atoms with Crippen LogP contribution in [0.4, 0.5) is 11.4 Å². The number of aryl methyl sites for hydroxylation is 2. The van der Waals surface area contributed by atoms with Gasteiger partial charge in [-0.15, -0.1) is 0 Å². The number of hydrogen-bond donors (Lipinski definition) is 1. The number of nitrogens with zero attached hydrogens (tertiary/aromatic N) is 3. The predicted molar refractivity (Wildman–Crippen MR) is 99.4 cm³/mol. The molecule has 2 aromatic heterocycles. The van der Waals surface area contributed by atoms with E-state index in [2.05, 4.69) is 34.2 Å². The zero-order valence-corrected chi connectivity index (χ0v) is 15.4. The number of carbonyl (C=O) groups excluding carboxylic acids is 1. The lowest BCUT2D eigenvalue weighted by atomic mass is 10.1. The first-order chi connectivity index (χ1) is 12.5. The van der Waals surface area contributed by atoms with E-state index < -0.39 is 0 Å². The van der Waals surface area contributed by atoms with Crippen molar-refractivity contribution in [1.82, 2.24) is 10.1 Å². The molecule has 0 radical (unpaired) electrons. The van der Waals surface area contributed by atoms with Crippen LogP contribution in [-0.4, -0.2) is 29.1 Å². The van der Waals surface area contributed by atoms with E-state index in [1.807, 2.05) is 24.3 Å². The molecule has 0 aliphatic rings. The van der Waals surface area contributed by atoms with E-state index in [0.717, 1.165) is 18.8 Å². The quantitative estimate of drug-likeness (QED) is 0.719. The third kappa shape index (κ3) is 3.46. The second kappa shape index (κ2) is 7.43. The number of nitrogens with one attached hydrogen (secondary N) is 1. The Balaban J connectivity index is 1.82. The Morgan fingerprint density at radius 3 is 2.42 bits per heavy atom. The van der Waals surface area contributed by atoms with Crippen molar-refractivity contribution in [3.8, 4) is 11.4 Å². The molecular weight excluding hydrogens is 332 g/mol. The number of amides is 1. The summed E-state index contributed by atoms with van der Waals surface area (Å²) in [4.78, 5) is 19.2. The Hall–Kier alpha value is -3.09. The fourth-order valence-corrected chi connectivity index (χ4v) is 2.82. The Morgan fingerprint density at radius 2 is 1.85 bits per heavy atom. The second-order valence-electron chi connectivity index (χ2n) is 5.89. The Morgan fingerprint density at radius 1 is 1.15 bits per heavy atom. The Kier molecular flexibility index (Phi) is 5.06. The molecule has 1 amide bonds. The molecule has 0 aliphatic carbocycles. The van der Waals surface area contributed by atoms with Crippen molar-refractivity contribution in [2.45, 2.75) is 27.7 Å². The lowest BCUT2D eigenvalue weighted by Crippen LogP contribution is -2.21. The van der Waals surface area contributed by atoms with Crippen LogP contribution in [0.15, 0.2) is 39.5 Å². The first kappa shape index (κ1) is 17.7. The van der Waals surface area contributed by atoms with Crippen LogP contribution in [0.1, 0.15) is 35.9 Å². The molecule has 3 rings (SSSR count). The molecule has 3 aromatic rings. The van der Waals surface area contributed by atoms with Crippen molar-refractivity contribution in [2.75, 3.05) is 23.3 Å². The summed E-state index contributed by atoms with van der Waals surface area (Å²) in [5.74, 6) is 0.631. The summed E-state index contributed by atoms with van der Waals surface area (Å²) in [6.07, 6.45) is 1.46. The zero-order valence-electron chi connectivity index (χ0n) is 15.4. The summed E-state index contributed by atoms with van der Waals surface area (Å²) in [6.45, 7) is 9.52. The largest absolute Gasteiger partial charge is 0.449 e. The van der Waals surface area contributed by atoms with Crippen LogP contribution in [0.3, 0.4) is 0 Å². The minimum Gasteiger partial charge on any atom is -0.449 e. The van der Waals surface area contributed by atoms with Gasteiger partial charge in [-0.2, -0.15) is 0 Å². The molecule has 1 N–H and O–H groups in total. The van der Waals surface area contributed by atoms with Crippen molar-refractivity contribution in [3.05, 3.63) is 47.7 Å². The number of oxazole rings is 1. The van der Waals surface area contributed by atoms with Gasteiger partial charge in [0.05, 0.1) is 0 Å². The fourth-order valence-electron chi connectivity index (χ4n) is 2.82. The van der Waals surface area contributed by atoms with Gasteiger partial charge in [0, 0.05) is 31.4 Å². The van der Waals surface area contributed by atoms with E-state index >= 15 is 0 Å². The smallest absolute Gasteiger partial charge is 0.261 e. The van der Waals surface area contributed by atoms with Crippen LogP contribution in [0.2, 0.25) is 0 Å². The van der Waals surface area contributed by atoms with Crippen LogP contribution in [-0.2, 0) is 0 Å². The first-order valence-electron chi connectivity index (χ1n) is 8.58. The van der Waals surface area contributed by atoms with Gasteiger partial charge in [-0.1, -0.05) is 5.16 Å². The molecular formula is C19H22N4O3. The van der Waals surface area contributed by atoms with Gasteiger partial charge < -0.3 is 19.2 Å². The van der Waals surface area contributed by atoms with Crippen LogP contribution in [0.5, 0.6) is 0 Å². The van der Waals surface area contributed by atoms with Gasteiger partial charge >= 0.3 is 0 Å². The number of aromatic nitrogens is 2. The molecule has 0 saturated heterocycles. The number of hydrogen-bond acceptors (Lipinski definition) is 6. The van der Waals surface area contributed by atoms with Crippen molar-refractivity contribution < 1.29 is 13.7 Å². The average Bonchev–Trinajstić information content (AvgIpc) is 3.23. The fraction of sp³-hybridized carbons (Fsp3) is 0.316. The Labute approximate surface area is 152 Å². The van der Waals surface area contributed by atoms with Gasteiger partial charge in [0.15, 0.2) is 5.89 Å². The van der Waals surface area contributed by atoms with Gasteiger partial charge in [-0.25, -0.2) is 4.98 Å². The molecule has 0 saturated carbocycles. The van der Waals surface area contributed by atoms with Gasteiger partial charge in [-0.3, -0.25) is 4.79 Å². The zero-order chi connectivity index (χ0) is 18.7. The lowest BCUT2D eigenvalue weighted by molar-refractivity contribution is 0.102. The van der Waals surface area contributed by atoms with Crippen molar-refractivity contribution in [1.29, 1.82) is 0 Å². The van der Waals surface area contributed by atoms with Crippen molar-refractivity contribution in [2.24, 2.45) is 0 Å². The summed E-state index contributed by atoms with van der Waals surface area (Å²) in [6, 6.07) is 7.75. The molecule has 26 heavy (non-hydrogen) atoms. The topological polar surface area (TPSA) is 84.4 Å². The first-order valence-corrected chi connectivity index (χ1v) is 8.58. The molecule has 2 heterocycles. The van der Waals surface area contributed by atoms with E-state index in [0.29, 0.717) is 34.3 Å². The number of rotatable bonds is 6. The van der Waals surface area contributed by atoms with E-state index in [4.69, 9.17) is 8.94 Å². The van der Waals surface area contributed by atoms with Crippen molar-refractivity contribution >= 4 is 17.3 Å². The molecule has 7 heteroatoms. The number of carbonyl (C=O) groups is 1. The van der Waals surface area contributed by atoms with Crippen LogP contribution >= 0.6 is 0 Å². The number of anilines is 2. The van der Waals surface area contributed by atoms with Crippen molar-refractivity contribution in [3.63, 3.8) is 0 Å². The second-order valence-corrected chi connectivity index (χ2v) is 5.89. The minimum absolute atomic E-state index is 0.296. The summed E-state index contributed by atoms with van der Waals surface area (Å²) in [5.41, 5.74) is 3.02. The number of benzene rings is 1. The van der Waals surface area contributed by atoms with E-state index in [9.17, 15) is 4.79 Å². The summed E-state index contributed by atoms with van der Waals surface area (Å²) in [7, 11) is 0. The third-order valence-electron chi connectivity index (χ3n) is 4.21. The molecule has 0 bridgehead atoms. The van der Waals surface area contributed by atoms with Gasteiger partial charge in [-0.05, 0) is 45.0 Å². The lowest BCUT2D eigenvalue weighted by Gasteiger charge is -2.21. The minimum atomic E-state index is -0.296.